The molecule has 4 N–H and O–H groups in total. The third kappa shape index (κ3) is 4.06. The van der Waals surface area contributed by atoms with E-state index in [1.54, 1.807) is 41.2 Å². The van der Waals surface area contributed by atoms with Gasteiger partial charge in [-0.1, -0.05) is 12.1 Å². The second-order valence-corrected chi connectivity index (χ2v) is 8.08. The second kappa shape index (κ2) is 8.35. The average Bonchev–Trinajstić information content (AvgIpc) is 3.41. The van der Waals surface area contributed by atoms with Crippen LogP contribution in [0.2, 0.25) is 0 Å². The minimum atomic E-state index is -1.14. The highest BCUT2D eigenvalue weighted by molar-refractivity contribution is 6.04. The molecule has 3 aromatic heterocycles. The molecule has 3 amide bonds. The molecular weight excluding hydrogens is 438 g/mol. The zero-order chi connectivity index (χ0) is 23.8. The first-order valence-electron chi connectivity index (χ1n) is 10.6. The van der Waals surface area contributed by atoms with Gasteiger partial charge in [0.05, 0.1) is 24.3 Å². The summed E-state index contributed by atoms with van der Waals surface area (Å²) in [6, 6.07) is 12.3. The summed E-state index contributed by atoms with van der Waals surface area (Å²) in [5.74, 6) is -0.134. The number of fused-ring (bicyclic) bond motifs is 3. The number of nitrogens with zero attached hydrogens (tertiary/aromatic N) is 4. The second-order valence-electron chi connectivity index (χ2n) is 8.08. The monoisotopic (exact) mass is 459 g/mol. The Morgan fingerprint density at radius 1 is 1.21 bits per heavy atom. The van der Waals surface area contributed by atoms with Crippen LogP contribution in [-0.2, 0) is 6.54 Å². The van der Waals surface area contributed by atoms with Crippen molar-refractivity contribution in [3.63, 3.8) is 0 Å². The summed E-state index contributed by atoms with van der Waals surface area (Å²) in [5.41, 5.74) is 2.82. The molecule has 11 nitrogen and oxygen atoms in total. The van der Waals surface area contributed by atoms with Gasteiger partial charge >= 0.3 is 6.09 Å². The number of hydrogen-bond donors (Lipinski definition) is 4. The van der Waals surface area contributed by atoms with Crippen molar-refractivity contribution in [2.75, 3.05) is 17.2 Å². The maximum Gasteiger partial charge on any atom is 0.409 e. The highest BCUT2D eigenvalue weighted by atomic mass is 16.4. The molecule has 4 heterocycles. The lowest BCUT2D eigenvalue weighted by atomic mass is 10.2. The molecule has 1 aliphatic rings. The molecule has 1 aliphatic heterocycles. The standard InChI is InChI=1S/C23H21N7O4/c1-13-9-24-22(32)18-8-15-5-6-19(27-20(15)30(13)18)28-21(31)16-10-25-29(12-16)11-14-3-2-4-17(7-14)26-23(33)34/h2-8,10,12-13,26H,9,11H2,1H3,(H,24,32)(H,33,34)(H,27,28,31)/t13-/m1/s1. The van der Waals surface area contributed by atoms with Crippen LogP contribution in [0.1, 0.15) is 39.4 Å². The molecule has 11 heteroatoms. The molecule has 5 rings (SSSR count). The minimum absolute atomic E-state index is 0.0473. The minimum Gasteiger partial charge on any atom is -0.465 e. The van der Waals surface area contributed by atoms with Crippen molar-refractivity contribution in [2.45, 2.75) is 19.5 Å². The highest BCUT2D eigenvalue weighted by Crippen LogP contribution is 2.26. The number of carbonyl (C=O) groups is 3. The van der Waals surface area contributed by atoms with Crippen molar-refractivity contribution in [3.8, 4) is 0 Å². The molecule has 34 heavy (non-hydrogen) atoms. The van der Waals surface area contributed by atoms with Gasteiger partial charge in [-0.05, 0) is 42.8 Å². The lowest BCUT2D eigenvalue weighted by molar-refractivity contribution is 0.0918. The fourth-order valence-corrected chi connectivity index (χ4v) is 4.02. The third-order valence-corrected chi connectivity index (χ3v) is 5.58. The van der Waals surface area contributed by atoms with Crippen LogP contribution in [0.3, 0.4) is 0 Å². The topological polar surface area (TPSA) is 143 Å². The van der Waals surface area contributed by atoms with Crippen LogP contribution in [0.15, 0.2) is 54.9 Å². The van der Waals surface area contributed by atoms with Gasteiger partial charge in [0.25, 0.3) is 11.8 Å². The van der Waals surface area contributed by atoms with E-state index in [4.69, 9.17) is 5.11 Å². The molecule has 0 unspecified atom stereocenters. The molecule has 0 aliphatic carbocycles. The average molecular weight is 459 g/mol. The van der Waals surface area contributed by atoms with Gasteiger partial charge < -0.3 is 20.3 Å². The van der Waals surface area contributed by atoms with Gasteiger partial charge in [-0.3, -0.25) is 19.6 Å². The smallest absolute Gasteiger partial charge is 0.409 e. The molecule has 1 aromatic carbocycles. The third-order valence-electron chi connectivity index (χ3n) is 5.58. The quantitative estimate of drug-likeness (QED) is 0.361. The molecule has 0 fully saturated rings. The maximum atomic E-state index is 12.8. The summed E-state index contributed by atoms with van der Waals surface area (Å²) in [4.78, 5) is 40.4. The number of benzene rings is 1. The van der Waals surface area contributed by atoms with Crippen LogP contribution in [-0.4, -0.2) is 48.9 Å². The summed E-state index contributed by atoms with van der Waals surface area (Å²) in [6.07, 6.45) is 1.93. The molecule has 172 valence electrons. The summed E-state index contributed by atoms with van der Waals surface area (Å²) < 4.78 is 3.48. The Hall–Kier alpha value is -4.67. The zero-order valence-corrected chi connectivity index (χ0v) is 18.1. The first-order valence-corrected chi connectivity index (χ1v) is 10.6. The molecule has 0 spiro atoms. The molecule has 0 bridgehead atoms. The van der Waals surface area contributed by atoms with E-state index >= 15 is 0 Å². The summed E-state index contributed by atoms with van der Waals surface area (Å²) in [5, 5.41) is 21.9. The van der Waals surface area contributed by atoms with E-state index in [0.29, 0.717) is 41.5 Å². The molecule has 1 atom stereocenters. The van der Waals surface area contributed by atoms with Gasteiger partial charge in [-0.15, -0.1) is 0 Å². The van der Waals surface area contributed by atoms with E-state index in [1.165, 1.54) is 6.20 Å². The zero-order valence-electron chi connectivity index (χ0n) is 18.1. The predicted octanol–water partition coefficient (Wildman–Crippen LogP) is 2.93. The van der Waals surface area contributed by atoms with Gasteiger partial charge in [-0.2, -0.15) is 5.10 Å². The van der Waals surface area contributed by atoms with Crippen LogP contribution < -0.4 is 16.0 Å². The van der Waals surface area contributed by atoms with E-state index in [9.17, 15) is 14.4 Å². The summed E-state index contributed by atoms with van der Waals surface area (Å²) in [6.45, 7) is 2.88. The number of carboxylic acid groups (broad SMARTS) is 1. The van der Waals surface area contributed by atoms with Gasteiger partial charge in [0, 0.05) is 23.8 Å². The first-order chi connectivity index (χ1) is 16.4. The Morgan fingerprint density at radius 2 is 2.06 bits per heavy atom. The largest absolute Gasteiger partial charge is 0.465 e. The highest BCUT2D eigenvalue weighted by Gasteiger charge is 2.25. The van der Waals surface area contributed by atoms with Gasteiger partial charge in [0.1, 0.15) is 17.2 Å². The van der Waals surface area contributed by atoms with E-state index in [0.717, 1.165) is 10.9 Å². The Labute approximate surface area is 193 Å². The van der Waals surface area contributed by atoms with Crippen LogP contribution in [0, 0.1) is 0 Å². The number of hydrogen-bond acceptors (Lipinski definition) is 5. The Morgan fingerprint density at radius 3 is 2.88 bits per heavy atom. The predicted molar refractivity (Wildman–Crippen MR) is 124 cm³/mol. The van der Waals surface area contributed by atoms with Crippen LogP contribution >= 0.6 is 0 Å². The van der Waals surface area contributed by atoms with E-state index < -0.39 is 6.09 Å². The fraction of sp³-hybridized carbons (Fsp3) is 0.174. The summed E-state index contributed by atoms with van der Waals surface area (Å²) in [7, 11) is 0. The van der Waals surface area contributed by atoms with Crippen LogP contribution in [0.25, 0.3) is 11.0 Å². The number of aromatic nitrogens is 4. The molecular formula is C23H21N7O4. The van der Waals surface area contributed by atoms with Crippen LogP contribution in [0.5, 0.6) is 0 Å². The number of nitrogens with one attached hydrogen (secondary N) is 3. The van der Waals surface area contributed by atoms with Gasteiger partial charge in [-0.25, -0.2) is 9.78 Å². The first kappa shape index (κ1) is 21.2. The van der Waals surface area contributed by atoms with Crippen molar-refractivity contribution in [1.29, 1.82) is 0 Å². The number of rotatable bonds is 5. The number of carbonyl (C=O) groups excluding carboxylic acids is 2. The molecule has 0 saturated carbocycles. The van der Waals surface area contributed by atoms with E-state index in [-0.39, 0.29) is 17.9 Å². The van der Waals surface area contributed by atoms with Gasteiger partial charge in [0.15, 0.2) is 0 Å². The molecule has 0 saturated heterocycles. The fourth-order valence-electron chi connectivity index (χ4n) is 4.02. The van der Waals surface area contributed by atoms with Crippen molar-refractivity contribution >= 4 is 40.4 Å². The molecule has 0 radical (unpaired) electrons. The Balaban J connectivity index is 1.32. The van der Waals surface area contributed by atoms with Crippen molar-refractivity contribution in [1.82, 2.24) is 24.6 Å². The van der Waals surface area contributed by atoms with E-state index in [2.05, 4.69) is 26.0 Å². The lowest BCUT2D eigenvalue weighted by Gasteiger charge is -2.23. The maximum absolute atomic E-state index is 12.8. The number of pyridine rings is 1. The lowest BCUT2D eigenvalue weighted by Crippen LogP contribution is -2.37. The SMILES string of the molecule is C[C@@H]1CNC(=O)c2cc3ccc(NC(=O)c4cnn(Cc5cccc(NC(=O)O)c5)c4)nc3n21. The van der Waals surface area contributed by atoms with Crippen molar-refractivity contribution in [3.05, 3.63) is 71.7 Å². The number of amides is 3. The number of anilines is 2. The van der Waals surface area contributed by atoms with Crippen molar-refractivity contribution < 1.29 is 19.5 Å². The normalized spacial score (nSPS) is 15.0. The molecule has 4 aromatic rings. The van der Waals surface area contributed by atoms with E-state index in [1.807, 2.05) is 23.6 Å². The Kier molecular flexibility index (Phi) is 5.21. The van der Waals surface area contributed by atoms with Crippen molar-refractivity contribution in [2.24, 2.45) is 0 Å². The van der Waals surface area contributed by atoms with Crippen LogP contribution in [0.4, 0.5) is 16.3 Å². The van der Waals surface area contributed by atoms with Gasteiger partial charge in [0.2, 0.25) is 0 Å². The Bertz CT molecular complexity index is 1440. The summed E-state index contributed by atoms with van der Waals surface area (Å²) >= 11 is 0.